The Hall–Kier alpha value is -2.40. The Balaban J connectivity index is 2.29. The lowest BCUT2D eigenvalue weighted by Gasteiger charge is -2.17. The van der Waals surface area contributed by atoms with Crippen molar-refractivity contribution in [1.29, 1.82) is 0 Å². The van der Waals surface area contributed by atoms with Gasteiger partial charge in [0.05, 0.1) is 6.61 Å². The van der Waals surface area contributed by atoms with Crippen molar-refractivity contribution in [2.75, 3.05) is 4.72 Å². The zero-order chi connectivity index (χ0) is 22.4. The second-order valence-corrected chi connectivity index (χ2v) is 9.71. The number of halogens is 1. The molecule has 0 unspecified atom stereocenters. The fraction of sp³-hybridized carbons (Fsp3) is 0.263. The van der Waals surface area contributed by atoms with Crippen LogP contribution in [0.5, 0.6) is 0 Å². The topological polar surface area (TPSA) is 136 Å². The van der Waals surface area contributed by atoms with Crippen LogP contribution in [-0.4, -0.2) is 24.6 Å². The normalized spacial score (nSPS) is 11.7. The van der Waals surface area contributed by atoms with Crippen LogP contribution in [0.2, 0.25) is 5.02 Å². The van der Waals surface area contributed by atoms with E-state index in [0.29, 0.717) is 27.9 Å². The number of aryl methyl sites for hydroxylation is 3. The van der Waals surface area contributed by atoms with Crippen LogP contribution in [0.1, 0.15) is 37.6 Å². The van der Waals surface area contributed by atoms with E-state index in [9.17, 15) is 18.3 Å². The molecule has 0 bridgehead atoms. The number of anilines is 1. The molecule has 3 aromatic rings. The molecule has 8 nitrogen and oxygen atoms in total. The average molecular weight is 470 g/mol. The number of hydrogen-bond acceptors (Lipinski definition) is 7. The summed E-state index contributed by atoms with van der Waals surface area (Å²) < 4.78 is 33.8. The van der Waals surface area contributed by atoms with Gasteiger partial charge < -0.3 is 15.4 Å². The number of amides is 1. The maximum absolute atomic E-state index is 13.3. The van der Waals surface area contributed by atoms with Gasteiger partial charge in [-0.15, -0.1) is 11.3 Å². The highest BCUT2D eigenvalue weighted by Gasteiger charge is 2.31. The summed E-state index contributed by atoms with van der Waals surface area (Å²) in [6.07, 6.45) is 0. The Bertz CT molecular complexity index is 1260. The van der Waals surface area contributed by atoms with Crippen molar-refractivity contribution >= 4 is 44.8 Å². The van der Waals surface area contributed by atoms with E-state index < -0.39 is 15.9 Å². The summed E-state index contributed by atoms with van der Waals surface area (Å²) in [7, 11) is -4.32. The third-order valence-corrected chi connectivity index (χ3v) is 7.80. The standard InChI is InChI=1S/C19H20ClN3O5S2/c1-8-5-9(2)14(10(3)12(8)6-24)13-7-29-16(18(21)25)17(13)30(26,27)23-19-15(20)11(4)22-28-19/h5,7,23-24H,6H2,1-4H3,(H2,21,25). The molecule has 2 aromatic heterocycles. The first-order valence-electron chi connectivity index (χ1n) is 8.76. The molecule has 3 rings (SSSR count). The summed E-state index contributed by atoms with van der Waals surface area (Å²) in [5.41, 5.74) is 9.77. The van der Waals surface area contributed by atoms with Crippen molar-refractivity contribution in [2.24, 2.45) is 5.73 Å². The third-order valence-electron chi connectivity index (χ3n) is 4.81. The van der Waals surface area contributed by atoms with Crippen molar-refractivity contribution < 1.29 is 22.8 Å². The van der Waals surface area contributed by atoms with Gasteiger partial charge in [0, 0.05) is 10.9 Å². The second kappa shape index (κ2) is 8.03. The molecule has 0 fully saturated rings. The van der Waals surface area contributed by atoms with E-state index in [1.807, 2.05) is 19.9 Å². The van der Waals surface area contributed by atoms with Gasteiger partial charge in [0.25, 0.3) is 21.8 Å². The minimum atomic E-state index is -4.32. The predicted octanol–water partition coefficient (Wildman–Crippen LogP) is 3.68. The number of nitrogens with zero attached hydrogens (tertiary/aromatic N) is 1. The van der Waals surface area contributed by atoms with E-state index >= 15 is 0 Å². The van der Waals surface area contributed by atoms with Crippen LogP contribution in [0.3, 0.4) is 0 Å². The molecule has 1 aromatic carbocycles. The lowest BCUT2D eigenvalue weighted by molar-refractivity contribution is 0.100. The molecule has 0 aliphatic carbocycles. The number of carbonyl (C=O) groups excluding carboxylic acids is 1. The summed E-state index contributed by atoms with van der Waals surface area (Å²) in [5.74, 6) is -1.13. The van der Waals surface area contributed by atoms with Crippen LogP contribution >= 0.6 is 22.9 Å². The molecular weight excluding hydrogens is 450 g/mol. The largest absolute Gasteiger partial charge is 0.392 e. The number of primary amides is 1. The lowest BCUT2D eigenvalue weighted by atomic mass is 9.90. The molecule has 0 saturated carbocycles. The van der Waals surface area contributed by atoms with Crippen molar-refractivity contribution in [2.45, 2.75) is 39.2 Å². The van der Waals surface area contributed by atoms with Gasteiger partial charge in [-0.2, -0.15) is 0 Å². The van der Waals surface area contributed by atoms with Crippen molar-refractivity contribution in [3.05, 3.63) is 49.3 Å². The van der Waals surface area contributed by atoms with Gasteiger partial charge in [-0.25, -0.2) is 13.1 Å². The smallest absolute Gasteiger partial charge is 0.266 e. The number of aliphatic hydroxyl groups is 1. The molecule has 0 aliphatic rings. The van der Waals surface area contributed by atoms with Crippen LogP contribution in [0.15, 0.2) is 20.9 Å². The van der Waals surface area contributed by atoms with Crippen LogP contribution in [-0.2, 0) is 16.6 Å². The molecule has 0 radical (unpaired) electrons. The van der Waals surface area contributed by atoms with Crippen molar-refractivity contribution in [1.82, 2.24) is 5.16 Å². The van der Waals surface area contributed by atoms with Crippen molar-refractivity contribution in [3.63, 3.8) is 0 Å². The number of carbonyl (C=O) groups is 1. The first-order valence-corrected chi connectivity index (χ1v) is 11.5. The highest BCUT2D eigenvalue weighted by atomic mass is 35.5. The van der Waals surface area contributed by atoms with Crippen LogP contribution in [0.4, 0.5) is 5.88 Å². The summed E-state index contributed by atoms with van der Waals surface area (Å²) >= 11 is 6.97. The fourth-order valence-electron chi connectivity index (χ4n) is 3.44. The monoisotopic (exact) mass is 469 g/mol. The predicted molar refractivity (Wildman–Crippen MR) is 115 cm³/mol. The number of aliphatic hydroxyl groups excluding tert-OH is 1. The number of rotatable bonds is 6. The average Bonchev–Trinajstić information content (AvgIpc) is 3.21. The van der Waals surface area contributed by atoms with Gasteiger partial charge in [0.2, 0.25) is 0 Å². The Labute approximate surface area is 182 Å². The number of thiophene rings is 1. The van der Waals surface area contributed by atoms with E-state index in [2.05, 4.69) is 9.88 Å². The lowest BCUT2D eigenvalue weighted by Crippen LogP contribution is -2.19. The van der Waals surface area contributed by atoms with E-state index in [1.54, 1.807) is 19.2 Å². The molecule has 0 saturated heterocycles. The van der Waals surface area contributed by atoms with Gasteiger partial charge in [0.15, 0.2) is 0 Å². The molecule has 0 aliphatic heterocycles. The third kappa shape index (κ3) is 3.71. The molecule has 0 spiro atoms. The Morgan fingerprint density at radius 1 is 1.30 bits per heavy atom. The number of aromatic nitrogens is 1. The van der Waals surface area contributed by atoms with Gasteiger partial charge in [-0.3, -0.25) is 4.79 Å². The van der Waals surface area contributed by atoms with Gasteiger partial charge in [-0.05, 0) is 55.5 Å². The van der Waals surface area contributed by atoms with E-state index in [-0.39, 0.29) is 27.3 Å². The molecule has 4 N–H and O–H groups in total. The molecular formula is C19H20ClN3O5S2. The number of hydrogen-bond donors (Lipinski definition) is 3. The molecule has 0 atom stereocenters. The summed E-state index contributed by atoms with van der Waals surface area (Å²) in [6, 6.07) is 1.86. The highest BCUT2D eigenvalue weighted by Crippen LogP contribution is 2.41. The van der Waals surface area contributed by atoms with Crippen molar-refractivity contribution in [3.8, 4) is 11.1 Å². The fourth-order valence-corrected chi connectivity index (χ4v) is 6.24. The second-order valence-electron chi connectivity index (χ2n) is 6.84. The summed E-state index contributed by atoms with van der Waals surface area (Å²) in [4.78, 5) is 11.6. The van der Waals surface area contributed by atoms with Crippen LogP contribution < -0.4 is 10.5 Å². The number of sulfonamides is 1. The van der Waals surface area contributed by atoms with Gasteiger partial charge >= 0.3 is 0 Å². The Morgan fingerprint density at radius 2 is 1.97 bits per heavy atom. The highest BCUT2D eigenvalue weighted by molar-refractivity contribution is 7.93. The van der Waals surface area contributed by atoms with Crippen LogP contribution in [0.25, 0.3) is 11.1 Å². The molecule has 11 heteroatoms. The molecule has 160 valence electrons. The van der Waals surface area contributed by atoms with E-state index in [4.69, 9.17) is 21.9 Å². The van der Waals surface area contributed by atoms with E-state index in [1.165, 1.54) is 0 Å². The van der Waals surface area contributed by atoms with Crippen LogP contribution in [0, 0.1) is 27.7 Å². The molecule has 2 heterocycles. The molecule has 30 heavy (non-hydrogen) atoms. The summed E-state index contributed by atoms with van der Waals surface area (Å²) in [6.45, 7) is 6.85. The minimum absolute atomic E-state index is 0.0150. The maximum Gasteiger partial charge on any atom is 0.266 e. The zero-order valence-corrected chi connectivity index (χ0v) is 19.0. The molecule has 1 amide bonds. The Morgan fingerprint density at radius 3 is 2.50 bits per heavy atom. The first kappa shape index (κ1) is 22.3. The number of benzene rings is 1. The zero-order valence-electron chi connectivity index (χ0n) is 16.7. The minimum Gasteiger partial charge on any atom is -0.392 e. The summed E-state index contributed by atoms with van der Waals surface area (Å²) in [5, 5.41) is 15.0. The first-order chi connectivity index (χ1) is 14.0. The van der Waals surface area contributed by atoms with Gasteiger partial charge in [0.1, 0.15) is 20.5 Å². The SMILES string of the molecule is Cc1cc(C)c(-c2csc(C(N)=O)c2S(=O)(=O)Nc2onc(C)c2Cl)c(C)c1CO. The quantitative estimate of drug-likeness (QED) is 0.503. The Kier molecular flexibility index (Phi) is 5.96. The number of nitrogens with two attached hydrogens (primary N) is 1. The maximum atomic E-state index is 13.3. The van der Waals surface area contributed by atoms with E-state index in [0.717, 1.165) is 22.5 Å². The number of nitrogens with one attached hydrogen (secondary N) is 1. The van der Waals surface area contributed by atoms with Gasteiger partial charge in [-0.1, -0.05) is 22.8 Å².